The molecule has 38 heavy (non-hydrogen) atoms. The van der Waals surface area contributed by atoms with Gasteiger partial charge in [0.25, 0.3) is 0 Å². The standard InChI is InChI=1S/C29H41N3O5S/c1-4-25(29(34)30-24-16-9-10-17-24)31(22-23-14-7-6-8-15-23)28(33)20-13-21-32(38(3,35)36)26-18-11-12-19-27(26)37-5-2/h6-8,11-12,14-15,18-19,24-25H,4-5,9-10,13,16-17,20-22H2,1-3H3,(H,30,34). The predicted octanol–water partition coefficient (Wildman–Crippen LogP) is 4.50. The number of sulfonamides is 1. The highest BCUT2D eigenvalue weighted by Gasteiger charge is 2.31. The maximum absolute atomic E-state index is 13.6. The van der Waals surface area contributed by atoms with Crippen molar-refractivity contribution in [3.8, 4) is 5.75 Å². The summed E-state index contributed by atoms with van der Waals surface area (Å²) in [6.45, 7) is 4.61. The van der Waals surface area contributed by atoms with Crippen LogP contribution in [0.5, 0.6) is 5.75 Å². The second-order valence-electron chi connectivity index (χ2n) is 9.76. The smallest absolute Gasteiger partial charge is 0.243 e. The van der Waals surface area contributed by atoms with Crippen LogP contribution in [0, 0.1) is 0 Å². The summed E-state index contributed by atoms with van der Waals surface area (Å²) < 4.78 is 32.3. The number of nitrogens with one attached hydrogen (secondary N) is 1. The molecule has 0 bridgehead atoms. The Morgan fingerprint density at radius 2 is 1.68 bits per heavy atom. The Balaban J connectivity index is 1.75. The summed E-state index contributed by atoms with van der Waals surface area (Å²) in [5.41, 5.74) is 1.39. The highest BCUT2D eigenvalue weighted by Crippen LogP contribution is 2.30. The molecule has 8 nitrogen and oxygen atoms in total. The van der Waals surface area contributed by atoms with E-state index in [0.717, 1.165) is 37.5 Å². The van der Waals surface area contributed by atoms with Crippen molar-refractivity contribution in [3.63, 3.8) is 0 Å². The molecule has 0 aromatic heterocycles. The Labute approximate surface area is 227 Å². The van der Waals surface area contributed by atoms with Crippen molar-refractivity contribution >= 4 is 27.5 Å². The van der Waals surface area contributed by atoms with Gasteiger partial charge in [0.05, 0.1) is 18.6 Å². The number of ether oxygens (including phenoxy) is 1. The number of hydrogen-bond donors (Lipinski definition) is 1. The summed E-state index contributed by atoms with van der Waals surface area (Å²) in [4.78, 5) is 28.5. The molecule has 0 heterocycles. The van der Waals surface area contributed by atoms with E-state index in [2.05, 4.69) is 5.32 Å². The number of rotatable bonds is 14. The zero-order chi connectivity index (χ0) is 27.5. The molecule has 3 rings (SSSR count). The van der Waals surface area contributed by atoms with E-state index in [1.165, 1.54) is 4.31 Å². The third-order valence-corrected chi connectivity index (χ3v) is 8.05. The van der Waals surface area contributed by atoms with Gasteiger partial charge in [-0.1, -0.05) is 62.2 Å². The second-order valence-corrected chi connectivity index (χ2v) is 11.7. The van der Waals surface area contributed by atoms with Gasteiger partial charge in [0.15, 0.2) is 0 Å². The van der Waals surface area contributed by atoms with Crippen LogP contribution in [-0.2, 0) is 26.2 Å². The molecule has 208 valence electrons. The van der Waals surface area contributed by atoms with Crippen molar-refractivity contribution in [3.05, 3.63) is 60.2 Å². The van der Waals surface area contributed by atoms with Crippen LogP contribution in [0.4, 0.5) is 5.69 Å². The molecule has 9 heteroatoms. The third kappa shape index (κ3) is 8.21. The monoisotopic (exact) mass is 543 g/mol. The van der Waals surface area contributed by atoms with E-state index < -0.39 is 16.1 Å². The van der Waals surface area contributed by atoms with Gasteiger partial charge in [0.1, 0.15) is 11.8 Å². The minimum Gasteiger partial charge on any atom is -0.492 e. The summed E-state index contributed by atoms with van der Waals surface area (Å²) in [6.07, 6.45) is 6.23. The highest BCUT2D eigenvalue weighted by molar-refractivity contribution is 7.92. The Hall–Kier alpha value is -3.07. The molecule has 1 unspecified atom stereocenters. The van der Waals surface area contributed by atoms with E-state index in [1.807, 2.05) is 44.2 Å². The van der Waals surface area contributed by atoms with Crippen molar-refractivity contribution in [1.29, 1.82) is 0 Å². The number of amides is 2. The first-order chi connectivity index (χ1) is 18.2. The van der Waals surface area contributed by atoms with Crippen molar-refractivity contribution in [2.45, 2.75) is 77.4 Å². The molecular formula is C29H41N3O5S. The van der Waals surface area contributed by atoms with E-state index in [-0.39, 0.29) is 30.8 Å². The molecule has 0 aliphatic heterocycles. The number of benzene rings is 2. The summed E-state index contributed by atoms with van der Waals surface area (Å²) in [5, 5.41) is 3.15. The van der Waals surface area contributed by atoms with Crippen molar-refractivity contribution in [1.82, 2.24) is 10.2 Å². The Morgan fingerprint density at radius 3 is 2.32 bits per heavy atom. The SMILES string of the molecule is CCOc1ccccc1N(CCCC(=O)N(Cc1ccccc1)C(CC)C(=O)NC1CCCC1)S(C)(=O)=O. The highest BCUT2D eigenvalue weighted by atomic mass is 32.2. The van der Waals surface area contributed by atoms with Gasteiger partial charge in [0.2, 0.25) is 21.8 Å². The van der Waals surface area contributed by atoms with Crippen molar-refractivity contribution in [2.24, 2.45) is 0 Å². The summed E-state index contributed by atoms with van der Waals surface area (Å²) in [5.74, 6) is 0.188. The normalized spacial score (nSPS) is 14.6. The molecule has 0 saturated heterocycles. The Kier molecular flexibility index (Phi) is 11.0. The number of nitrogens with zero attached hydrogens (tertiary/aromatic N) is 2. The molecule has 1 saturated carbocycles. The first-order valence-corrected chi connectivity index (χ1v) is 15.4. The van der Waals surface area contributed by atoms with Crippen molar-refractivity contribution < 1.29 is 22.7 Å². The third-order valence-electron chi connectivity index (χ3n) is 6.87. The van der Waals surface area contributed by atoms with Gasteiger partial charge >= 0.3 is 0 Å². The molecule has 2 aromatic carbocycles. The Bertz CT molecular complexity index is 1150. The van der Waals surface area contributed by atoms with Gasteiger partial charge in [0, 0.05) is 25.6 Å². The topological polar surface area (TPSA) is 96.0 Å². The molecule has 0 spiro atoms. The minimum atomic E-state index is -3.61. The van der Waals surface area contributed by atoms with Crippen LogP contribution in [0.3, 0.4) is 0 Å². The number of anilines is 1. The van der Waals surface area contributed by atoms with E-state index in [0.29, 0.717) is 37.4 Å². The molecule has 2 aromatic rings. The second kappa shape index (κ2) is 14.2. The lowest BCUT2D eigenvalue weighted by Gasteiger charge is -2.32. The minimum absolute atomic E-state index is 0.114. The van der Waals surface area contributed by atoms with Crippen LogP contribution in [0.2, 0.25) is 0 Å². The zero-order valence-corrected chi connectivity index (χ0v) is 23.6. The number of carbonyl (C=O) groups excluding carboxylic acids is 2. The summed E-state index contributed by atoms with van der Waals surface area (Å²) in [7, 11) is -3.61. The van der Waals surface area contributed by atoms with Gasteiger partial charge in [-0.15, -0.1) is 0 Å². The van der Waals surface area contributed by atoms with E-state index in [9.17, 15) is 18.0 Å². The van der Waals surface area contributed by atoms with Crippen LogP contribution in [-0.4, -0.2) is 56.6 Å². The van der Waals surface area contributed by atoms with Crippen LogP contribution in [0.15, 0.2) is 54.6 Å². The predicted molar refractivity (Wildman–Crippen MR) is 151 cm³/mol. The molecule has 0 radical (unpaired) electrons. The quantitative estimate of drug-likeness (QED) is 0.379. The van der Waals surface area contributed by atoms with Crippen LogP contribution < -0.4 is 14.4 Å². The van der Waals surface area contributed by atoms with E-state index >= 15 is 0 Å². The van der Waals surface area contributed by atoms with Crippen LogP contribution in [0.1, 0.15) is 64.4 Å². The number of hydrogen-bond acceptors (Lipinski definition) is 5. The molecule has 1 fully saturated rings. The summed E-state index contributed by atoms with van der Waals surface area (Å²) >= 11 is 0. The molecule has 2 amide bonds. The fourth-order valence-electron chi connectivity index (χ4n) is 4.99. The lowest BCUT2D eigenvalue weighted by atomic mass is 10.1. The molecular weight excluding hydrogens is 502 g/mol. The van der Waals surface area contributed by atoms with E-state index in [1.54, 1.807) is 29.2 Å². The first kappa shape index (κ1) is 29.5. The van der Waals surface area contributed by atoms with Gasteiger partial charge in [-0.3, -0.25) is 13.9 Å². The molecule has 1 N–H and O–H groups in total. The fraction of sp³-hybridized carbons (Fsp3) is 0.517. The van der Waals surface area contributed by atoms with Gasteiger partial charge < -0.3 is 15.0 Å². The molecule has 1 atom stereocenters. The van der Waals surface area contributed by atoms with E-state index in [4.69, 9.17) is 4.74 Å². The van der Waals surface area contributed by atoms with Gasteiger partial charge in [-0.25, -0.2) is 8.42 Å². The average molecular weight is 544 g/mol. The first-order valence-electron chi connectivity index (χ1n) is 13.6. The van der Waals surface area contributed by atoms with Gasteiger partial charge in [-0.2, -0.15) is 0 Å². The number of carbonyl (C=O) groups is 2. The summed E-state index contributed by atoms with van der Waals surface area (Å²) in [6, 6.07) is 16.2. The van der Waals surface area contributed by atoms with Crippen LogP contribution >= 0.6 is 0 Å². The average Bonchev–Trinajstić information content (AvgIpc) is 3.40. The fourth-order valence-corrected chi connectivity index (χ4v) is 5.96. The van der Waals surface area contributed by atoms with Gasteiger partial charge in [-0.05, 0) is 50.3 Å². The molecule has 1 aliphatic rings. The van der Waals surface area contributed by atoms with Crippen molar-refractivity contribution in [2.75, 3.05) is 23.7 Å². The maximum Gasteiger partial charge on any atom is 0.243 e. The Morgan fingerprint density at radius 1 is 1.03 bits per heavy atom. The van der Waals surface area contributed by atoms with Crippen LogP contribution in [0.25, 0.3) is 0 Å². The molecule has 1 aliphatic carbocycles. The lowest BCUT2D eigenvalue weighted by Crippen LogP contribution is -2.51. The largest absolute Gasteiger partial charge is 0.492 e. The zero-order valence-electron chi connectivity index (χ0n) is 22.8. The maximum atomic E-state index is 13.6. The number of para-hydroxylation sites is 2. The lowest BCUT2D eigenvalue weighted by molar-refractivity contribution is -0.141.